The number of alkyl halides is 3. The third-order valence-electron chi connectivity index (χ3n) is 6.29. The highest BCUT2D eigenvalue weighted by molar-refractivity contribution is 5.84. The highest BCUT2D eigenvalue weighted by Crippen LogP contribution is 2.43. The fourth-order valence-electron chi connectivity index (χ4n) is 3.82. The van der Waals surface area contributed by atoms with Crippen molar-refractivity contribution in [3.8, 4) is 0 Å². The van der Waals surface area contributed by atoms with Crippen LogP contribution in [0.4, 0.5) is 18.9 Å². The SMILES string of the molecule is C[C@@H]1C(OCc2ccccc2)C(O/C(=N/c2ccccc2)C(F)(F)F)OC(COCN=[N+]=[N-])C1(C)C. The molecule has 11 heteroatoms. The average molecular weight is 507 g/mol. The topological polar surface area (TPSA) is 98.0 Å². The fraction of sp³-hybridized carbons (Fsp3) is 0.480. The molecule has 3 rings (SSSR count). The van der Waals surface area contributed by atoms with E-state index in [1.807, 2.05) is 51.1 Å². The smallest absolute Gasteiger partial charge is 0.441 e. The Morgan fingerprint density at radius 1 is 1.08 bits per heavy atom. The molecule has 0 saturated carbocycles. The number of ether oxygens (including phenoxy) is 4. The van der Waals surface area contributed by atoms with Crippen LogP contribution in [0, 0.1) is 11.3 Å². The van der Waals surface area contributed by atoms with Crippen molar-refractivity contribution < 1.29 is 32.1 Å². The molecule has 3 unspecified atom stereocenters. The van der Waals surface area contributed by atoms with Crippen molar-refractivity contribution in [1.82, 2.24) is 0 Å². The standard InChI is InChI=1S/C25H29F3N4O4/c1-17-21(34-14-18-10-6-4-7-11-18)22(35-20(24(17,2)3)15-33-16-30-32-29)36-23(25(26,27)28)31-19-12-8-5-9-13-19/h4-13,17,20-22H,14-16H2,1-3H3/b31-23+/t17-,20?,21?,22?/m1/s1. The second-order valence-electron chi connectivity index (χ2n) is 8.96. The Morgan fingerprint density at radius 3 is 2.33 bits per heavy atom. The van der Waals surface area contributed by atoms with Gasteiger partial charge in [0.25, 0.3) is 5.90 Å². The zero-order valence-electron chi connectivity index (χ0n) is 20.3. The molecule has 0 radical (unpaired) electrons. The van der Waals surface area contributed by atoms with E-state index in [2.05, 4.69) is 15.0 Å². The molecule has 0 bridgehead atoms. The molecule has 8 nitrogen and oxygen atoms in total. The molecule has 36 heavy (non-hydrogen) atoms. The third kappa shape index (κ3) is 7.20. The predicted molar refractivity (Wildman–Crippen MR) is 127 cm³/mol. The Balaban J connectivity index is 1.90. The molecular formula is C25H29F3N4O4. The monoisotopic (exact) mass is 506 g/mol. The summed E-state index contributed by atoms with van der Waals surface area (Å²) in [7, 11) is 0. The molecule has 2 aromatic rings. The van der Waals surface area contributed by atoms with Gasteiger partial charge in [0.2, 0.25) is 6.29 Å². The van der Waals surface area contributed by atoms with Crippen LogP contribution in [0.2, 0.25) is 0 Å². The summed E-state index contributed by atoms with van der Waals surface area (Å²) >= 11 is 0. The van der Waals surface area contributed by atoms with Gasteiger partial charge in [0.15, 0.2) is 0 Å². The van der Waals surface area contributed by atoms with Gasteiger partial charge >= 0.3 is 6.18 Å². The minimum atomic E-state index is -4.87. The molecule has 1 saturated heterocycles. The summed E-state index contributed by atoms with van der Waals surface area (Å²) in [5.74, 6) is -1.74. The van der Waals surface area contributed by atoms with Gasteiger partial charge in [-0.3, -0.25) is 0 Å². The van der Waals surface area contributed by atoms with E-state index < -0.39 is 36.0 Å². The first-order valence-electron chi connectivity index (χ1n) is 11.4. The van der Waals surface area contributed by atoms with Crippen molar-refractivity contribution in [2.75, 3.05) is 13.3 Å². The van der Waals surface area contributed by atoms with E-state index in [-0.39, 0.29) is 31.5 Å². The largest absolute Gasteiger partial charge is 0.468 e. The highest BCUT2D eigenvalue weighted by Gasteiger charge is 2.52. The van der Waals surface area contributed by atoms with Gasteiger partial charge in [0, 0.05) is 4.91 Å². The first-order chi connectivity index (χ1) is 17.1. The summed E-state index contributed by atoms with van der Waals surface area (Å²) in [6.45, 7) is 5.61. The lowest BCUT2D eigenvalue weighted by molar-refractivity contribution is -0.292. The molecule has 1 aliphatic rings. The Hall–Kier alpha value is -3.11. The maximum Gasteiger partial charge on any atom is 0.468 e. The Labute approximate surface area is 207 Å². The van der Waals surface area contributed by atoms with Crippen LogP contribution >= 0.6 is 0 Å². The number of hydrogen-bond acceptors (Lipinski definition) is 6. The van der Waals surface area contributed by atoms with Crippen molar-refractivity contribution in [2.45, 2.75) is 52.1 Å². The summed E-state index contributed by atoms with van der Waals surface area (Å²) < 4.78 is 64.8. The average Bonchev–Trinajstić information content (AvgIpc) is 2.85. The minimum absolute atomic E-state index is 0.0151. The van der Waals surface area contributed by atoms with Crippen molar-refractivity contribution >= 4 is 11.6 Å². The van der Waals surface area contributed by atoms with Gasteiger partial charge in [-0.05, 0) is 34.6 Å². The van der Waals surface area contributed by atoms with Crippen LogP contribution in [0.15, 0.2) is 70.8 Å². The van der Waals surface area contributed by atoms with Crippen LogP contribution < -0.4 is 0 Å². The van der Waals surface area contributed by atoms with E-state index >= 15 is 0 Å². The lowest BCUT2D eigenvalue weighted by Crippen LogP contribution is -2.58. The molecule has 1 heterocycles. The van der Waals surface area contributed by atoms with Gasteiger partial charge in [-0.15, -0.1) is 0 Å². The van der Waals surface area contributed by atoms with Gasteiger partial charge in [0.1, 0.15) is 12.8 Å². The van der Waals surface area contributed by atoms with Crippen molar-refractivity contribution in [1.29, 1.82) is 0 Å². The molecule has 194 valence electrons. The first kappa shape index (κ1) is 27.5. The van der Waals surface area contributed by atoms with Gasteiger partial charge in [0.05, 0.1) is 25.0 Å². The van der Waals surface area contributed by atoms with E-state index in [1.165, 1.54) is 12.1 Å². The Kier molecular flexibility index (Phi) is 9.33. The van der Waals surface area contributed by atoms with E-state index in [0.29, 0.717) is 0 Å². The number of para-hydroxylation sites is 1. The zero-order valence-corrected chi connectivity index (χ0v) is 20.3. The summed E-state index contributed by atoms with van der Waals surface area (Å²) in [5.41, 5.74) is 8.83. The summed E-state index contributed by atoms with van der Waals surface area (Å²) in [4.78, 5) is 6.33. The van der Waals surface area contributed by atoms with E-state index in [0.717, 1.165) is 5.56 Å². The molecule has 0 aromatic heterocycles. The molecule has 1 aliphatic heterocycles. The minimum Gasteiger partial charge on any atom is -0.441 e. The van der Waals surface area contributed by atoms with Crippen LogP contribution in [-0.2, 0) is 25.6 Å². The number of nitrogens with zero attached hydrogens (tertiary/aromatic N) is 4. The van der Waals surface area contributed by atoms with Crippen LogP contribution in [-0.4, -0.2) is 43.9 Å². The van der Waals surface area contributed by atoms with Crippen molar-refractivity contribution in [3.05, 3.63) is 76.7 Å². The lowest BCUT2D eigenvalue weighted by atomic mass is 9.70. The van der Waals surface area contributed by atoms with Gasteiger partial charge in [-0.1, -0.05) is 74.4 Å². The normalized spacial score (nSPS) is 24.1. The molecule has 0 aliphatic carbocycles. The van der Waals surface area contributed by atoms with Crippen LogP contribution in [0.5, 0.6) is 0 Å². The third-order valence-corrected chi connectivity index (χ3v) is 6.29. The lowest BCUT2D eigenvalue weighted by Gasteiger charge is -2.50. The maximum absolute atomic E-state index is 13.9. The summed E-state index contributed by atoms with van der Waals surface area (Å²) in [6, 6.07) is 17.0. The van der Waals surface area contributed by atoms with E-state index in [4.69, 9.17) is 24.5 Å². The first-order valence-corrected chi connectivity index (χ1v) is 11.4. The van der Waals surface area contributed by atoms with E-state index in [9.17, 15) is 13.2 Å². The van der Waals surface area contributed by atoms with Crippen LogP contribution in [0.1, 0.15) is 26.3 Å². The van der Waals surface area contributed by atoms with Gasteiger partial charge in [-0.25, -0.2) is 4.99 Å². The number of aliphatic imine (C=N–C) groups is 1. The van der Waals surface area contributed by atoms with Crippen LogP contribution in [0.3, 0.4) is 0 Å². The molecule has 0 amide bonds. The highest BCUT2D eigenvalue weighted by atomic mass is 19.4. The number of halogens is 3. The van der Waals surface area contributed by atoms with Crippen molar-refractivity contribution in [3.63, 3.8) is 0 Å². The summed E-state index contributed by atoms with van der Waals surface area (Å²) in [6.07, 6.45) is -7.81. The number of azide groups is 1. The molecule has 4 atom stereocenters. The quantitative estimate of drug-likeness (QED) is 0.0961. The number of rotatable bonds is 9. The summed E-state index contributed by atoms with van der Waals surface area (Å²) in [5, 5.41) is 3.33. The fourth-order valence-corrected chi connectivity index (χ4v) is 3.82. The Morgan fingerprint density at radius 2 is 1.72 bits per heavy atom. The zero-order chi connectivity index (χ0) is 26.2. The molecular weight excluding hydrogens is 477 g/mol. The molecule has 2 aromatic carbocycles. The second-order valence-corrected chi connectivity index (χ2v) is 8.96. The molecule has 0 spiro atoms. The number of hydrogen-bond donors (Lipinski definition) is 0. The number of benzene rings is 2. The van der Waals surface area contributed by atoms with Gasteiger partial charge in [-0.2, -0.15) is 13.2 Å². The van der Waals surface area contributed by atoms with Gasteiger partial charge < -0.3 is 18.9 Å². The van der Waals surface area contributed by atoms with E-state index in [1.54, 1.807) is 18.2 Å². The van der Waals surface area contributed by atoms with Crippen molar-refractivity contribution in [2.24, 2.45) is 21.4 Å². The molecule has 1 fully saturated rings. The second kappa shape index (κ2) is 12.2. The predicted octanol–water partition coefficient (Wildman–Crippen LogP) is 6.55. The Bertz CT molecular complexity index is 1040. The maximum atomic E-state index is 13.9. The molecule has 0 N–H and O–H groups in total. The van der Waals surface area contributed by atoms with Crippen LogP contribution in [0.25, 0.3) is 10.4 Å².